The number of halogens is 1. The van der Waals surface area contributed by atoms with E-state index < -0.39 is 0 Å². The third-order valence-corrected chi connectivity index (χ3v) is 10.7. The van der Waals surface area contributed by atoms with Gasteiger partial charge in [0.25, 0.3) is 0 Å². The van der Waals surface area contributed by atoms with Crippen molar-refractivity contribution in [1.82, 2.24) is 14.7 Å². The number of carbonyl (C=O) groups excluding carboxylic acids is 2. The zero-order chi connectivity index (χ0) is 27.1. The fourth-order valence-electron chi connectivity index (χ4n) is 7.84. The Morgan fingerprint density at radius 1 is 1.05 bits per heavy atom. The highest BCUT2D eigenvalue weighted by Crippen LogP contribution is 2.49. The van der Waals surface area contributed by atoms with E-state index in [9.17, 15) is 9.59 Å². The van der Waals surface area contributed by atoms with Crippen molar-refractivity contribution in [3.63, 3.8) is 0 Å². The summed E-state index contributed by atoms with van der Waals surface area (Å²) < 4.78 is 5.48. The molecule has 6 nitrogen and oxygen atoms in total. The number of amides is 2. The molecule has 2 aliphatic carbocycles. The van der Waals surface area contributed by atoms with Gasteiger partial charge in [-0.3, -0.25) is 9.69 Å². The van der Waals surface area contributed by atoms with Gasteiger partial charge in [0.15, 0.2) is 0 Å². The van der Waals surface area contributed by atoms with E-state index >= 15 is 0 Å². The molecule has 0 bridgehead atoms. The van der Waals surface area contributed by atoms with Crippen LogP contribution in [0.4, 0.5) is 4.79 Å². The van der Waals surface area contributed by atoms with Crippen molar-refractivity contribution in [1.29, 1.82) is 0 Å². The summed E-state index contributed by atoms with van der Waals surface area (Å²) in [6.07, 6.45) is 10.0. The number of hydrogen-bond donors (Lipinski definition) is 0. The van der Waals surface area contributed by atoms with E-state index in [1.807, 2.05) is 17.0 Å². The summed E-state index contributed by atoms with van der Waals surface area (Å²) in [4.78, 5) is 33.3. The van der Waals surface area contributed by atoms with Gasteiger partial charge in [0.2, 0.25) is 5.91 Å². The molecule has 0 N–H and O–H groups in total. The zero-order valence-electron chi connectivity index (χ0n) is 23.8. The lowest BCUT2D eigenvalue weighted by molar-refractivity contribution is -0.139. The van der Waals surface area contributed by atoms with Gasteiger partial charge < -0.3 is 14.5 Å². The molecule has 2 heterocycles. The average Bonchev–Trinajstić information content (AvgIpc) is 3.47. The Labute approximate surface area is 234 Å². The second-order valence-electron chi connectivity index (χ2n) is 13.3. The van der Waals surface area contributed by atoms with Crippen LogP contribution in [0, 0.1) is 17.3 Å². The maximum Gasteiger partial charge on any atom is 0.410 e. The van der Waals surface area contributed by atoms with E-state index in [4.69, 9.17) is 16.3 Å². The number of piperidine rings is 1. The van der Waals surface area contributed by atoms with Crippen molar-refractivity contribution in [2.24, 2.45) is 17.3 Å². The zero-order valence-corrected chi connectivity index (χ0v) is 24.5. The molecule has 4 fully saturated rings. The standard InChI is InChI=1S/C31H46ClN3O3/c1-30(2)21-38-29(37)35(30)20-31(23-8-6-5-7-9-23)14-16-34(17-15-31)28(36)27-19-25(33(3)4)18-26(27)22-10-12-24(32)13-11-22/h10-13,23,25-27H,5-9,14-21H2,1-4H3/t25-,26-,27-/m1/s1. The molecule has 38 heavy (non-hydrogen) atoms. The Bertz CT molecular complexity index is 996. The first-order valence-corrected chi connectivity index (χ1v) is 15.1. The first kappa shape index (κ1) is 27.8. The van der Waals surface area contributed by atoms with Crippen LogP contribution in [-0.4, -0.2) is 78.6 Å². The van der Waals surface area contributed by atoms with Crippen LogP contribution < -0.4 is 0 Å². The molecule has 2 saturated carbocycles. The monoisotopic (exact) mass is 543 g/mol. The number of cyclic esters (lactones) is 1. The van der Waals surface area contributed by atoms with Gasteiger partial charge in [-0.2, -0.15) is 0 Å². The highest BCUT2D eigenvalue weighted by atomic mass is 35.5. The summed E-state index contributed by atoms with van der Waals surface area (Å²) in [7, 11) is 4.25. The van der Waals surface area contributed by atoms with Crippen LogP contribution in [0.5, 0.6) is 0 Å². The molecule has 5 rings (SSSR count). The van der Waals surface area contributed by atoms with Crippen LogP contribution in [0.15, 0.2) is 24.3 Å². The molecule has 1 aromatic carbocycles. The van der Waals surface area contributed by atoms with Gasteiger partial charge in [0.1, 0.15) is 6.61 Å². The van der Waals surface area contributed by atoms with E-state index in [-0.39, 0.29) is 28.9 Å². The van der Waals surface area contributed by atoms with Crippen LogP contribution in [0.3, 0.4) is 0 Å². The second kappa shape index (κ2) is 11.0. The van der Waals surface area contributed by atoms with Gasteiger partial charge in [-0.15, -0.1) is 0 Å². The molecular weight excluding hydrogens is 498 g/mol. The van der Waals surface area contributed by atoms with Crippen LogP contribution in [0.1, 0.15) is 83.1 Å². The van der Waals surface area contributed by atoms with Gasteiger partial charge in [0, 0.05) is 36.6 Å². The lowest BCUT2D eigenvalue weighted by Gasteiger charge is -2.51. The van der Waals surface area contributed by atoms with Gasteiger partial charge in [-0.1, -0.05) is 43.0 Å². The maximum atomic E-state index is 14.1. The first-order valence-electron chi connectivity index (χ1n) is 14.7. The largest absolute Gasteiger partial charge is 0.447 e. The Morgan fingerprint density at radius 3 is 2.29 bits per heavy atom. The minimum Gasteiger partial charge on any atom is -0.447 e. The Hall–Kier alpha value is -1.79. The van der Waals surface area contributed by atoms with Crippen LogP contribution in [0.25, 0.3) is 0 Å². The molecule has 2 aliphatic heterocycles. The number of ether oxygens (including phenoxy) is 1. The lowest BCUT2D eigenvalue weighted by Crippen LogP contribution is -2.55. The van der Waals surface area contributed by atoms with Crippen molar-refractivity contribution in [3.05, 3.63) is 34.9 Å². The molecule has 2 saturated heterocycles. The SMILES string of the molecule is CN(C)[C@@H]1C[C@H](c2ccc(Cl)cc2)[C@H](C(=O)N2CCC(CN3C(=O)OCC3(C)C)(C3CCCCC3)CC2)C1. The quantitative estimate of drug-likeness (QED) is 0.429. The maximum absolute atomic E-state index is 14.1. The van der Waals surface area contributed by atoms with Gasteiger partial charge in [-0.05, 0) is 101 Å². The molecule has 0 spiro atoms. The number of likely N-dealkylation sites (tertiary alicyclic amines) is 1. The number of carbonyl (C=O) groups is 2. The highest BCUT2D eigenvalue weighted by Gasteiger charge is 2.50. The van der Waals surface area contributed by atoms with Crippen molar-refractivity contribution >= 4 is 23.6 Å². The van der Waals surface area contributed by atoms with E-state index in [2.05, 4.69) is 49.9 Å². The highest BCUT2D eigenvalue weighted by molar-refractivity contribution is 6.30. The third kappa shape index (κ3) is 5.45. The smallest absolute Gasteiger partial charge is 0.410 e. The summed E-state index contributed by atoms with van der Waals surface area (Å²) in [6, 6.07) is 8.51. The topological polar surface area (TPSA) is 53.1 Å². The van der Waals surface area contributed by atoms with Crippen LogP contribution >= 0.6 is 11.6 Å². The second-order valence-corrected chi connectivity index (χ2v) is 13.8. The summed E-state index contributed by atoms with van der Waals surface area (Å²) in [5.41, 5.74) is 1.01. The number of benzene rings is 1. The molecule has 210 valence electrons. The van der Waals surface area contributed by atoms with Crippen molar-refractivity contribution < 1.29 is 14.3 Å². The van der Waals surface area contributed by atoms with E-state index in [1.165, 1.54) is 37.7 Å². The number of nitrogens with zero attached hydrogens (tertiary/aromatic N) is 3. The summed E-state index contributed by atoms with van der Waals surface area (Å²) in [6.45, 7) is 7.01. The third-order valence-electron chi connectivity index (χ3n) is 10.4. The van der Waals surface area contributed by atoms with Crippen molar-refractivity contribution in [2.75, 3.05) is 40.3 Å². The predicted octanol–water partition coefficient (Wildman–Crippen LogP) is 6.18. The van der Waals surface area contributed by atoms with Gasteiger partial charge >= 0.3 is 6.09 Å². The predicted molar refractivity (Wildman–Crippen MR) is 151 cm³/mol. The summed E-state index contributed by atoms with van der Waals surface area (Å²) in [5, 5.41) is 0.735. The fourth-order valence-corrected chi connectivity index (χ4v) is 7.96. The van der Waals surface area contributed by atoms with Gasteiger partial charge in [-0.25, -0.2) is 4.79 Å². The minimum atomic E-state index is -0.275. The number of hydrogen-bond acceptors (Lipinski definition) is 4. The van der Waals surface area contributed by atoms with E-state index in [1.54, 1.807) is 0 Å². The van der Waals surface area contributed by atoms with E-state index in [0.717, 1.165) is 50.3 Å². The molecule has 0 aromatic heterocycles. The van der Waals surface area contributed by atoms with Crippen LogP contribution in [0.2, 0.25) is 5.02 Å². The number of rotatable bonds is 6. The minimum absolute atomic E-state index is 0.00162. The molecule has 0 radical (unpaired) electrons. The molecule has 7 heteroatoms. The molecular formula is C31H46ClN3O3. The molecule has 2 amide bonds. The molecule has 1 aromatic rings. The Balaban J connectivity index is 1.33. The Morgan fingerprint density at radius 2 is 1.71 bits per heavy atom. The van der Waals surface area contributed by atoms with Crippen molar-refractivity contribution in [2.45, 2.75) is 89.1 Å². The van der Waals surface area contributed by atoms with Gasteiger partial charge in [0.05, 0.1) is 5.54 Å². The van der Waals surface area contributed by atoms with Crippen LogP contribution in [-0.2, 0) is 9.53 Å². The van der Waals surface area contributed by atoms with Crippen molar-refractivity contribution in [3.8, 4) is 0 Å². The summed E-state index contributed by atoms with van der Waals surface area (Å²) in [5.74, 6) is 1.15. The average molecular weight is 544 g/mol. The molecule has 0 unspecified atom stereocenters. The lowest BCUT2D eigenvalue weighted by atomic mass is 9.63. The molecule has 3 atom stereocenters. The normalized spacial score (nSPS) is 29.6. The fraction of sp³-hybridized carbons (Fsp3) is 0.742. The Kier molecular flexibility index (Phi) is 8.04. The molecule has 4 aliphatic rings. The van der Waals surface area contributed by atoms with E-state index in [0.29, 0.717) is 24.5 Å². The first-order chi connectivity index (χ1) is 18.1. The summed E-state index contributed by atoms with van der Waals surface area (Å²) >= 11 is 6.18.